The van der Waals surface area contributed by atoms with Crippen LogP contribution in [-0.4, -0.2) is 5.91 Å². The molecule has 1 amide bonds. The topological polar surface area (TPSA) is 55.1 Å². The molecule has 3 nitrogen and oxygen atoms in total. The molecule has 0 spiro atoms. The Bertz CT molecular complexity index is 628. The minimum atomic E-state index is -0.634. The van der Waals surface area contributed by atoms with Gasteiger partial charge >= 0.3 is 0 Å². The van der Waals surface area contributed by atoms with Gasteiger partial charge in [-0.15, -0.1) is 0 Å². The maximum absolute atomic E-state index is 13.6. The van der Waals surface area contributed by atoms with Crippen LogP contribution in [-0.2, 0) is 0 Å². The Hall–Kier alpha value is -2.07. The summed E-state index contributed by atoms with van der Waals surface area (Å²) in [6.07, 6.45) is 0. The fraction of sp³-hybridized carbons (Fsp3) is 0.133. The van der Waals surface area contributed by atoms with Crippen molar-refractivity contribution in [1.29, 1.82) is 0 Å². The molecule has 104 valence electrons. The Morgan fingerprint density at radius 3 is 2.50 bits per heavy atom. The molecule has 0 aromatic heterocycles. The summed E-state index contributed by atoms with van der Waals surface area (Å²) < 4.78 is 13.6. The van der Waals surface area contributed by atoms with Crippen LogP contribution in [0.5, 0.6) is 0 Å². The van der Waals surface area contributed by atoms with Gasteiger partial charge in [-0.25, -0.2) is 4.39 Å². The van der Waals surface area contributed by atoms with Gasteiger partial charge in [-0.05, 0) is 42.8 Å². The lowest BCUT2D eigenvalue weighted by Crippen LogP contribution is -2.27. The van der Waals surface area contributed by atoms with E-state index in [2.05, 4.69) is 5.32 Å². The summed E-state index contributed by atoms with van der Waals surface area (Å²) >= 11 is 5.80. The monoisotopic (exact) mass is 292 g/mol. The first-order valence-electron chi connectivity index (χ1n) is 6.08. The highest BCUT2D eigenvalue weighted by molar-refractivity contribution is 6.30. The van der Waals surface area contributed by atoms with Gasteiger partial charge in [-0.3, -0.25) is 4.79 Å². The number of amides is 1. The van der Waals surface area contributed by atoms with Crippen molar-refractivity contribution < 1.29 is 9.18 Å². The average molecular weight is 293 g/mol. The summed E-state index contributed by atoms with van der Waals surface area (Å²) in [7, 11) is 0. The number of nitrogens with one attached hydrogen (secondary N) is 1. The summed E-state index contributed by atoms with van der Waals surface area (Å²) in [5.41, 5.74) is 6.59. The molecule has 5 heteroatoms. The van der Waals surface area contributed by atoms with Gasteiger partial charge in [0.05, 0.1) is 11.6 Å². The van der Waals surface area contributed by atoms with E-state index in [1.54, 1.807) is 12.1 Å². The predicted molar refractivity (Wildman–Crippen MR) is 78.1 cm³/mol. The normalized spacial score (nSPS) is 11.9. The zero-order valence-corrected chi connectivity index (χ0v) is 11.6. The highest BCUT2D eigenvalue weighted by Gasteiger charge is 2.15. The zero-order chi connectivity index (χ0) is 14.7. The maximum atomic E-state index is 13.6. The summed E-state index contributed by atoms with van der Waals surface area (Å²) in [6, 6.07) is 10.8. The molecule has 0 bridgehead atoms. The fourth-order valence-corrected chi connectivity index (χ4v) is 1.95. The Kier molecular flexibility index (Phi) is 4.25. The molecule has 0 radical (unpaired) electrons. The molecule has 0 aliphatic rings. The van der Waals surface area contributed by atoms with E-state index in [9.17, 15) is 9.18 Å². The highest BCUT2D eigenvalue weighted by Crippen LogP contribution is 2.18. The number of halogens is 2. The molecular formula is C15H14ClFN2O. The van der Waals surface area contributed by atoms with Crippen LogP contribution in [0.2, 0.25) is 5.02 Å². The molecule has 0 fully saturated rings. The van der Waals surface area contributed by atoms with Crippen molar-refractivity contribution in [3.8, 4) is 0 Å². The number of carbonyl (C=O) groups excluding carboxylic acids is 1. The van der Waals surface area contributed by atoms with Gasteiger partial charge < -0.3 is 11.1 Å². The molecule has 2 rings (SSSR count). The first-order chi connectivity index (χ1) is 9.47. The first-order valence-corrected chi connectivity index (χ1v) is 6.46. The van der Waals surface area contributed by atoms with Crippen LogP contribution in [0.15, 0.2) is 42.5 Å². The Balaban J connectivity index is 2.13. The fourth-order valence-electron chi connectivity index (χ4n) is 1.82. The molecule has 3 N–H and O–H groups in total. The summed E-state index contributed by atoms with van der Waals surface area (Å²) in [5, 5.41) is 3.35. The molecule has 20 heavy (non-hydrogen) atoms. The SMILES string of the molecule is C[C@@H](NC(=O)c1ccc(N)cc1F)c1ccc(Cl)cc1. The number of rotatable bonds is 3. The van der Waals surface area contributed by atoms with Gasteiger partial charge in [0, 0.05) is 10.7 Å². The number of hydrogen-bond donors (Lipinski definition) is 2. The van der Waals surface area contributed by atoms with E-state index in [0.29, 0.717) is 5.02 Å². The van der Waals surface area contributed by atoms with Crippen LogP contribution >= 0.6 is 11.6 Å². The van der Waals surface area contributed by atoms with Gasteiger partial charge in [0.2, 0.25) is 0 Å². The van der Waals surface area contributed by atoms with Gasteiger partial charge in [-0.2, -0.15) is 0 Å². The number of anilines is 1. The standard InChI is InChI=1S/C15H14ClFN2O/c1-9(10-2-4-11(16)5-3-10)19-15(20)13-7-6-12(18)8-14(13)17/h2-9H,18H2,1H3,(H,19,20)/t9-/m1/s1. The average Bonchev–Trinajstić information content (AvgIpc) is 2.39. The van der Waals surface area contributed by atoms with Crippen LogP contribution in [0.25, 0.3) is 0 Å². The lowest BCUT2D eigenvalue weighted by Gasteiger charge is -2.15. The highest BCUT2D eigenvalue weighted by atomic mass is 35.5. The van der Waals surface area contributed by atoms with E-state index in [1.807, 2.05) is 19.1 Å². The number of nitrogen functional groups attached to an aromatic ring is 1. The quantitative estimate of drug-likeness (QED) is 0.850. The lowest BCUT2D eigenvalue weighted by atomic mass is 10.1. The molecule has 1 atom stereocenters. The number of carbonyl (C=O) groups is 1. The van der Waals surface area contributed by atoms with E-state index in [0.717, 1.165) is 11.6 Å². The van der Waals surface area contributed by atoms with Crippen LogP contribution in [0.1, 0.15) is 28.9 Å². The molecule has 0 heterocycles. The molecule has 0 aliphatic heterocycles. The van der Waals surface area contributed by atoms with Gasteiger partial charge in [0.1, 0.15) is 5.82 Å². The van der Waals surface area contributed by atoms with Crippen molar-refractivity contribution in [3.05, 3.63) is 64.4 Å². The number of hydrogen-bond acceptors (Lipinski definition) is 2. The Morgan fingerprint density at radius 2 is 1.90 bits per heavy atom. The van der Waals surface area contributed by atoms with Gasteiger partial charge in [-0.1, -0.05) is 23.7 Å². The van der Waals surface area contributed by atoms with E-state index < -0.39 is 11.7 Å². The smallest absolute Gasteiger partial charge is 0.254 e. The molecule has 0 unspecified atom stereocenters. The van der Waals surface area contributed by atoms with E-state index in [-0.39, 0.29) is 17.3 Å². The predicted octanol–water partition coefficient (Wildman–Crippen LogP) is 3.55. The van der Waals surface area contributed by atoms with Crippen molar-refractivity contribution in [2.75, 3.05) is 5.73 Å². The minimum Gasteiger partial charge on any atom is -0.399 e. The largest absolute Gasteiger partial charge is 0.399 e. The van der Waals surface area contributed by atoms with Crippen LogP contribution < -0.4 is 11.1 Å². The maximum Gasteiger partial charge on any atom is 0.254 e. The van der Waals surface area contributed by atoms with Gasteiger partial charge in [0.25, 0.3) is 5.91 Å². The summed E-state index contributed by atoms with van der Waals surface area (Å²) in [4.78, 5) is 12.0. The first kappa shape index (κ1) is 14.3. The third kappa shape index (κ3) is 3.27. The third-order valence-electron chi connectivity index (χ3n) is 2.96. The molecule has 0 saturated carbocycles. The third-order valence-corrected chi connectivity index (χ3v) is 3.21. The number of nitrogens with two attached hydrogens (primary N) is 1. The summed E-state index contributed by atoms with van der Waals surface area (Å²) in [5.74, 6) is -1.12. The van der Waals surface area contributed by atoms with Gasteiger partial charge in [0.15, 0.2) is 0 Å². The van der Waals surface area contributed by atoms with Crippen molar-refractivity contribution in [1.82, 2.24) is 5.32 Å². The molecular weight excluding hydrogens is 279 g/mol. The van der Waals surface area contributed by atoms with E-state index >= 15 is 0 Å². The second-order valence-corrected chi connectivity index (χ2v) is 4.92. The van der Waals surface area contributed by atoms with Crippen molar-refractivity contribution in [2.45, 2.75) is 13.0 Å². The Morgan fingerprint density at radius 1 is 1.25 bits per heavy atom. The van der Waals surface area contributed by atoms with Crippen molar-refractivity contribution >= 4 is 23.2 Å². The summed E-state index contributed by atoms with van der Waals surface area (Å²) in [6.45, 7) is 1.82. The van der Waals surface area contributed by atoms with Crippen molar-refractivity contribution in [2.24, 2.45) is 0 Å². The molecule has 2 aromatic carbocycles. The van der Waals surface area contributed by atoms with E-state index in [1.165, 1.54) is 12.1 Å². The number of benzene rings is 2. The molecule has 0 saturated heterocycles. The van der Waals surface area contributed by atoms with Crippen molar-refractivity contribution in [3.63, 3.8) is 0 Å². The second kappa shape index (κ2) is 5.92. The second-order valence-electron chi connectivity index (χ2n) is 4.49. The van der Waals surface area contributed by atoms with E-state index in [4.69, 9.17) is 17.3 Å². The van der Waals surface area contributed by atoms with Crippen LogP contribution in [0, 0.1) is 5.82 Å². The minimum absolute atomic E-state index is 0.0278. The Labute approximate surface area is 121 Å². The molecule has 2 aromatic rings. The molecule has 0 aliphatic carbocycles. The van der Waals surface area contributed by atoms with Crippen LogP contribution in [0.4, 0.5) is 10.1 Å². The zero-order valence-electron chi connectivity index (χ0n) is 10.9. The van der Waals surface area contributed by atoms with Crippen LogP contribution in [0.3, 0.4) is 0 Å². The lowest BCUT2D eigenvalue weighted by molar-refractivity contribution is 0.0936.